The summed E-state index contributed by atoms with van der Waals surface area (Å²) in [6.07, 6.45) is -0.0291. The van der Waals surface area contributed by atoms with Crippen molar-refractivity contribution in [2.75, 3.05) is 7.11 Å². The quantitative estimate of drug-likeness (QED) is 0.536. The fourth-order valence-corrected chi connectivity index (χ4v) is 0.645. The molecule has 0 aliphatic carbocycles. The average molecular weight is 137 g/mol. The summed E-state index contributed by atoms with van der Waals surface area (Å²) in [5.74, 6) is 0. The largest absolute Gasteiger partial charge is 0.786 e. The summed E-state index contributed by atoms with van der Waals surface area (Å²) in [4.78, 5) is 10.3. The van der Waals surface area contributed by atoms with Crippen LogP contribution < -0.4 is 4.89 Å². The lowest BCUT2D eigenvalue weighted by atomic mass is 10.5. The van der Waals surface area contributed by atoms with Gasteiger partial charge in [-0.2, -0.15) is 0 Å². The highest BCUT2D eigenvalue weighted by molar-refractivity contribution is 7.39. The third kappa shape index (κ3) is 4.47. The first-order valence-corrected chi connectivity index (χ1v) is 3.44. The maximum atomic E-state index is 10.3. The van der Waals surface area contributed by atoms with E-state index in [1.54, 1.807) is 13.8 Å². The first-order valence-electron chi connectivity index (χ1n) is 2.35. The molecular weight excluding hydrogens is 127 g/mol. The molecule has 0 bridgehead atoms. The van der Waals surface area contributed by atoms with Crippen LogP contribution in [0.25, 0.3) is 0 Å². The normalized spacial score (nSPS) is 14.6. The third-order valence-corrected chi connectivity index (χ3v) is 1.34. The molecule has 0 N–H and O–H groups in total. The van der Waals surface area contributed by atoms with Crippen LogP contribution in [-0.2, 0) is 9.05 Å². The molecule has 0 amide bonds. The molecule has 0 saturated heterocycles. The molecule has 0 fully saturated rings. The molecular formula is C4H10O3P-. The van der Waals surface area contributed by atoms with E-state index in [2.05, 4.69) is 9.05 Å². The minimum Gasteiger partial charge on any atom is -0.786 e. The minimum atomic E-state index is -1.87. The predicted octanol–water partition coefficient (Wildman–Crippen LogP) is 0.645. The first-order chi connectivity index (χ1) is 3.66. The number of hydrogen-bond acceptors (Lipinski definition) is 3. The standard InChI is InChI=1S/C4H10O3P/c1-4(2)7-8(5)6-3/h4H,1-3H3/q-1. The molecule has 50 valence electrons. The Morgan fingerprint density at radius 1 is 1.50 bits per heavy atom. The van der Waals surface area contributed by atoms with Gasteiger partial charge in [0.05, 0.1) is 14.7 Å². The van der Waals surface area contributed by atoms with Gasteiger partial charge in [0.1, 0.15) is 0 Å². The first kappa shape index (κ1) is 8.31. The van der Waals surface area contributed by atoms with Crippen molar-refractivity contribution in [1.29, 1.82) is 0 Å². The lowest BCUT2D eigenvalue weighted by Gasteiger charge is -2.21. The van der Waals surface area contributed by atoms with Gasteiger partial charge in [-0.15, -0.1) is 0 Å². The summed E-state index contributed by atoms with van der Waals surface area (Å²) in [7, 11) is -0.520. The van der Waals surface area contributed by atoms with Crippen molar-refractivity contribution < 1.29 is 13.9 Å². The van der Waals surface area contributed by atoms with Gasteiger partial charge in [-0.05, 0) is 13.8 Å². The summed E-state index contributed by atoms with van der Waals surface area (Å²) in [6.45, 7) is 3.60. The van der Waals surface area contributed by atoms with Crippen LogP contribution in [0, 0.1) is 0 Å². The number of hydrogen-bond donors (Lipinski definition) is 0. The van der Waals surface area contributed by atoms with Crippen LogP contribution in [0.4, 0.5) is 0 Å². The van der Waals surface area contributed by atoms with Gasteiger partial charge < -0.3 is 13.9 Å². The van der Waals surface area contributed by atoms with Crippen LogP contribution >= 0.6 is 8.60 Å². The van der Waals surface area contributed by atoms with Crippen LogP contribution in [0.3, 0.4) is 0 Å². The van der Waals surface area contributed by atoms with Gasteiger partial charge in [-0.1, -0.05) is 0 Å². The van der Waals surface area contributed by atoms with Gasteiger partial charge in [-0.25, -0.2) is 0 Å². The van der Waals surface area contributed by atoms with Crippen molar-refractivity contribution in [2.24, 2.45) is 0 Å². The van der Waals surface area contributed by atoms with Crippen LogP contribution in [0.2, 0.25) is 0 Å². The van der Waals surface area contributed by atoms with E-state index < -0.39 is 8.60 Å². The van der Waals surface area contributed by atoms with Crippen LogP contribution in [0.1, 0.15) is 13.8 Å². The SMILES string of the molecule is COP([O-])OC(C)C. The van der Waals surface area contributed by atoms with Crippen LogP contribution in [0.15, 0.2) is 0 Å². The Morgan fingerprint density at radius 2 is 2.00 bits per heavy atom. The van der Waals surface area contributed by atoms with Crippen molar-refractivity contribution in [1.82, 2.24) is 0 Å². The highest BCUT2D eigenvalue weighted by atomic mass is 31.2. The summed E-state index contributed by atoms with van der Waals surface area (Å²) in [6, 6.07) is 0. The molecule has 1 unspecified atom stereocenters. The van der Waals surface area contributed by atoms with E-state index in [1.807, 2.05) is 0 Å². The minimum absolute atomic E-state index is 0.0291. The van der Waals surface area contributed by atoms with Gasteiger partial charge in [0, 0.05) is 7.11 Å². The van der Waals surface area contributed by atoms with E-state index >= 15 is 0 Å². The Bertz CT molecular complexity index is 57.2. The molecule has 1 atom stereocenters. The second kappa shape index (κ2) is 4.21. The zero-order valence-electron chi connectivity index (χ0n) is 5.25. The monoisotopic (exact) mass is 137 g/mol. The van der Waals surface area contributed by atoms with Gasteiger partial charge >= 0.3 is 0 Å². The van der Waals surface area contributed by atoms with Crippen molar-refractivity contribution in [3.8, 4) is 0 Å². The Labute approximate surface area is 50.6 Å². The average Bonchev–Trinajstić information content (AvgIpc) is 1.65. The van der Waals surface area contributed by atoms with Crippen molar-refractivity contribution in [2.45, 2.75) is 20.0 Å². The zero-order valence-corrected chi connectivity index (χ0v) is 6.14. The molecule has 0 aliphatic rings. The molecule has 4 heteroatoms. The van der Waals surface area contributed by atoms with Gasteiger partial charge in [0.15, 0.2) is 0 Å². The van der Waals surface area contributed by atoms with Crippen LogP contribution in [0.5, 0.6) is 0 Å². The lowest BCUT2D eigenvalue weighted by Crippen LogP contribution is -2.06. The lowest BCUT2D eigenvalue weighted by molar-refractivity contribution is -0.204. The van der Waals surface area contributed by atoms with E-state index in [0.717, 1.165) is 0 Å². The molecule has 0 aromatic rings. The van der Waals surface area contributed by atoms with E-state index in [9.17, 15) is 4.89 Å². The highest BCUT2D eigenvalue weighted by Crippen LogP contribution is 2.27. The van der Waals surface area contributed by atoms with Crippen LogP contribution in [-0.4, -0.2) is 13.2 Å². The Hall–Kier alpha value is 0.310. The maximum absolute atomic E-state index is 10.3. The van der Waals surface area contributed by atoms with Crippen molar-refractivity contribution in [3.05, 3.63) is 0 Å². The molecule has 0 rings (SSSR count). The molecule has 0 heterocycles. The smallest absolute Gasteiger partial charge is 0.0828 e. The molecule has 0 radical (unpaired) electrons. The Kier molecular flexibility index (Phi) is 4.38. The van der Waals surface area contributed by atoms with E-state index in [-0.39, 0.29) is 6.10 Å². The third-order valence-electron chi connectivity index (χ3n) is 0.446. The van der Waals surface area contributed by atoms with Gasteiger partial charge in [0.2, 0.25) is 0 Å². The second-order valence-corrected chi connectivity index (χ2v) is 2.58. The Morgan fingerprint density at radius 3 is 2.12 bits per heavy atom. The second-order valence-electron chi connectivity index (χ2n) is 1.56. The molecule has 3 nitrogen and oxygen atoms in total. The summed E-state index contributed by atoms with van der Waals surface area (Å²) in [5, 5.41) is 0. The topological polar surface area (TPSA) is 41.5 Å². The molecule has 0 saturated carbocycles. The highest BCUT2D eigenvalue weighted by Gasteiger charge is 1.93. The fraction of sp³-hybridized carbons (Fsp3) is 1.00. The van der Waals surface area contributed by atoms with Crippen molar-refractivity contribution in [3.63, 3.8) is 0 Å². The van der Waals surface area contributed by atoms with E-state index in [0.29, 0.717) is 0 Å². The summed E-state index contributed by atoms with van der Waals surface area (Å²) >= 11 is 0. The molecule has 0 aliphatic heterocycles. The predicted molar refractivity (Wildman–Crippen MR) is 30.1 cm³/mol. The Balaban J connectivity index is 3.10. The van der Waals surface area contributed by atoms with E-state index in [4.69, 9.17) is 0 Å². The summed E-state index contributed by atoms with van der Waals surface area (Å²) in [5.41, 5.74) is 0. The maximum Gasteiger partial charge on any atom is 0.0828 e. The molecule has 0 aromatic heterocycles. The molecule has 0 spiro atoms. The molecule has 0 aromatic carbocycles. The zero-order chi connectivity index (χ0) is 6.57. The van der Waals surface area contributed by atoms with Crippen molar-refractivity contribution >= 4 is 8.60 Å². The number of rotatable bonds is 3. The van der Waals surface area contributed by atoms with Gasteiger partial charge in [0.25, 0.3) is 0 Å². The fourth-order valence-electron chi connectivity index (χ4n) is 0.215. The summed E-state index contributed by atoms with van der Waals surface area (Å²) < 4.78 is 9.03. The van der Waals surface area contributed by atoms with Gasteiger partial charge in [-0.3, -0.25) is 0 Å². The van der Waals surface area contributed by atoms with E-state index in [1.165, 1.54) is 7.11 Å². The molecule has 8 heavy (non-hydrogen) atoms.